The van der Waals surface area contributed by atoms with Crippen LogP contribution in [0, 0.1) is 0 Å². The van der Waals surface area contributed by atoms with E-state index in [4.69, 9.17) is 0 Å². The van der Waals surface area contributed by atoms with Crippen molar-refractivity contribution in [2.24, 2.45) is 0 Å². The summed E-state index contributed by atoms with van der Waals surface area (Å²) in [5.41, 5.74) is 1.36. The van der Waals surface area contributed by atoms with E-state index in [9.17, 15) is 14.7 Å². The van der Waals surface area contributed by atoms with Gasteiger partial charge in [0.05, 0.1) is 10.9 Å². The van der Waals surface area contributed by atoms with E-state index in [1.54, 1.807) is 6.07 Å². The third kappa shape index (κ3) is 2.63. The van der Waals surface area contributed by atoms with Gasteiger partial charge in [-0.2, -0.15) is 0 Å². The molecule has 1 N–H and O–H groups in total. The van der Waals surface area contributed by atoms with E-state index < -0.39 is 11.4 Å². The van der Waals surface area contributed by atoms with Crippen molar-refractivity contribution in [3.63, 3.8) is 0 Å². The number of rotatable bonds is 3. The molecule has 3 atom stereocenters. The van der Waals surface area contributed by atoms with Gasteiger partial charge in [0.15, 0.2) is 0 Å². The molecule has 0 spiro atoms. The molecule has 1 aliphatic rings. The Morgan fingerprint density at radius 3 is 2.58 bits per heavy atom. The molecule has 2 aromatic rings. The highest BCUT2D eigenvalue weighted by Crippen LogP contribution is 2.44. The first-order chi connectivity index (χ1) is 11.3. The highest BCUT2D eigenvalue weighted by molar-refractivity contribution is 8.00. The summed E-state index contributed by atoms with van der Waals surface area (Å²) in [5, 5.41) is 10.5. The summed E-state index contributed by atoms with van der Waals surface area (Å²) >= 11 is 1.91. The summed E-state index contributed by atoms with van der Waals surface area (Å²) in [6.45, 7) is 7.01. The lowest BCUT2D eigenvalue weighted by molar-refractivity contribution is 0.0695. The predicted molar refractivity (Wildman–Crippen MR) is 97.9 cm³/mol. The van der Waals surface area contributed by atoms with E-state index in [2.05, 4.69) is 25.8 Å². The number of nitrogens with zero attached hydrogens (tertiary/aromatic N) is 2. The average Bonchev–Trinajstić information content (AvgIpc) is 2.82. The van der Waals surface area contributed by atoms with Crippen molar-refractivity contribution in [3.8, 4) is 0 Å². The molecule has 1 saturated heterocycles. The van der Waals surface area contributed by atoms with Crippen molar-refractivity contribution in [3.05, 3.63) is 45.7 Å². The minimum Gasteiger partial charge on any atom is -0.477 e. The predicted octanol–water partition coefficient (Wildman–Crippen LogP) is 3.17. The van der Waals surface area contributed by atoms with Crippen LogP contribution in [0.2, 0.25) is 0 Å². The summed E-state index contributed by atoms with van der Waals surface area (Å²) in [6, 6.07) is 6.24. The molecular weight excluding hydrogens is 324 g/mol. The number of aromatic nitrogens is 1. The minimum absolute atomic E-state index is 0.174. The number of benzene rings is 1. The summed E-state index contributed by atoms with van der Waals surface area (Å²) in [4.78, 5) is 26.1. The van der Waals surface area contributed by atoms with Gasteiger partial charge in [-0.15, -0.1) is 11.8 Å². The quantitative estimate of drug-likeness (QED) is 0.925. The summed E-state index contributed by atoms with van der Waals surface area (Å²) in [7, 11) is 2.12. The fourth-order valence-electron chi connectivity index (χ4n) is 3.25. The second kappa shape index (κ2) is 6.26. The average molecular weight is 346 g/mol. The number of aromatic carboxylic acids is 1. The summed E-state index contributed by atoms with van der Waals surface area (Å²) in [5.74, 6) is -1.18. The second-order valence-corrected chi connectivity index (χ2v) is 7.80. The molecule has 3 unspecified atom stereocenters. The molecule has 0 radical (unpaired) electrons. The molecule has 1 aromatic carbocycles. The molecule has 3 rings (SSSR count). The van der Waals surface area contributed by atoms with Gasteiger partial charge < -0.3 is 9.67 Å². The Bertz CT molecular complexity index is 861. The molecule has 0 saturated carbocycles. The van der Waals surface area contributed by atoms with Crippen molar-refractivity contribution < 1.29 is 9.90 Å². The normalized spacial score (nSPS) is 24.6. The van der Waals surface area contributed by atoms with Crippen LogP contribution in [0.15, 0.2) is 29.2 Å². The number of pyridine rings is 1. The van der Waals surface area contributed by atoms with E-state index in [1.807, 2.05) is 35.4 Å². The SMILES string of the molecule is CCn1cc(C(=O)O)c(=O)c2ccc(C3SC(C)C(C)N3C)cc21. The Labute approximate surface area is 145 Å². The van der Waals surface area contributed by atoms with Crippen LogP contribution in [0.25, 0.3) is 10.9 Å². The molecule has 0 bridgehead atoms. The van der Waals surface area contributed by atoms with Gasteiger partial charge in [0, 0.05) is 29.4 Å². The largest absolute Gasteiger partial charge is 0.477 e. The number of carbonyl (C=O) groups is 1. The molecule has 1 fully saturated rings. The van der Waals surface area contributed by atoms with Crippen LogP contribution < -0.4 is 5.43 Å². The Morgan fingerprint density at radius 2 is 2.04 bits per heavy atom. The van der Waals surface area contributed by atoms with Crippen molar-refractivity contribution in [2.45, 2.75) is 44.0 Å². The topological polar surface area (TPSA) is 62.5 Å². The van der Waals surface area contributed by atoms with Gasteiger partial charge in [0.1, 0.15) is 5.56 Å². The van der Waals surface area contributed by atoms with Gasteiger partial charge in [-0.25, -0.2) is 4.79 Å². The smallest absolute Gasteiger partial charge is 0.341 e. The van der Waals surface area contributed by atoms with Gasteiger partial charge in [-0.1, -0.05) is 13.0 Å². The maximum absolute atomic E-state index is 12.4. The first-order valence-electron chi connectivity index (χ1n) is 8.13. The number of thioether (sulfide) groups is 1. The molecule has 0 aliphatic carbocycles. The van der Waals surface area contributed by atoms with Crippen LogP contribution in [0.3, 0.4) is 0 Å². The zero-order valence-electron chi connectivity index (χ0n) is 14.3. The van der Waals surface area contributed by atoms with Crippen LogP contribution in [-0.2, 0) is 6.54 Å². The van der Waals surface area contributed by atoms with Crippen LogP contribution in [-0.4, -0.2) is 38.9 Å². The van der Waals surface area contributed by atoms with Crippen LogP contribution in [0.5, 0.6) is 0 Å². The summed E-state index contributed by atoms with van der Waals surface area (Å²) in [6.07, 6.45) is 1.45. The lowest BCUT2D eigenvalue weighted by Gasteiger charge is -2.23. The first kappa shape index (κ1) is 17.0. The lowest BCUT2D eigenvalue weighted by Crippen LogP contribution is -2.28. The minimum atomic E-state index is -1.18. The Kier molecular flexibility index (Phi) is 4.44. The van der Waals surface area contributed by atoms with Gasteiger partial charge in [0.25, 0.3) is 0 Å². The van der Waals surface area contributed by atoms with E-state index in [1.165, 1.54) is 6.20 Å². The second-order valence-electron chi connectivity index (χ2n) is 6.34. The lowest BCUT2D eigenvalue weighted by atomic mass is 10.1. The molecule has 0 amide bonds. The van der Waals surface area contributed by atoms with Crippen molar-refractivity contribution in [1.82, 2.24) is 9.47 Å². The number of carboxylic acids is 1. The van der Waals surface area contributed by atoms with Crippen LogP contribution in [0.4, 0.5) is 0 Å². The van der Waals surface area contributed by atoms with E-state index in [0.717, 1.165) is 11.1 Å². The van der Waals surface area contributed by atoms with E-state index >= 15 is 0 Å². The monoisotopic (exact) mass is 346 g/mol. The summed E-state index contributed by atoms with van der Waals surface area (Å²) < 4.78 is 1.84. The zero-order chi connectivity index (χ0) is 17.6. The molecule has 6 heteroatoms. The number of hydrogen-bond acceptors (Lipinski definition) is 4. The molecule has 24 heavy (non-hydrogen) atoms. The van der Waals surface area contributed by atoms with E-state index in [0.29, 0.717) is 23.2 Å². The van der Waals surface area contributed by atoms with Crippen molar-refractivity contribution >= 4 is 28.6 Å². The van der Waals surface area contributed by atoms with E-state index in [-0.39, 0.29) is 10.9 Å². The molecule has 1 aromatic heterocycles. The molecule has 128 valence electrons. The first-order valence-corrected chi connectivity index (χ1v) is 9.07. The van der Waals surface area contributed by atoms with Crippen molar-refractivity contribution in [2.75, 3.05) is 7.05 Å². The highest BCUT2D eigenvalue weighted by Gasteiger charge is 2.35. The molecule has 2 heterocycles. The number of carboxylic acid groups (broad SMARTS) is 1. The fraction of sp³-hybridized carbons (Fsp3) is 0.444. The third-order valence-electron chi connectivity index (χ3n) is 5.00. The molecule has 5 nitrogen and oxygen atoms in total. The fourth-order valence-corrected chi connectivity index (χ4v) is 4.76. The van der Waals surface area contributed by atoms with Crippen molar-refractivity contribution in [1.29, 1.82) is 0 Å². The maximum atomic E-state index is 12.4. The Balaban J connectivity index is 2.17. The standard InChI is InChI=1S/C18H22N2O3S/c1-5-20-9-14(18(22)23)16(21)13-7-6-12(8-15(13)20)17-19(4)10(2)11(3)24-17/h6-11,17H,5H2,1-4H3,(H,22,23). The Hall–Kier alpha value is -1.79. The highest BCUT2D eigenvalue weighted by atomic mass is 32.2. The van der Waals surface area contributed by atoms with Gasteiger partial charge in [-0.05, 0) is 38.6 Å². The number of hydrogen-bond donors (Lipinski definition) is 1. The number of fused-ring (bicyclic) bond motifs is 1. The molecular formula is C18H22N2O3S. The Morgan fingerprint density at radius 1 is 1.33 bits per heavy atom. The van der Waals surface area contributed by atoms with Gasteiger partial charge in [0.2, 0.25) is 5.43 Å². The van der Waals surface area contributed by atoms with Gasteiger partial charge >= 0.3 is 5.97 Å². The van der Waals surface area contributed by atoms with Gasteiger partial charge in [-0.3, -0.25) is 9.69 Å². The maximum Gasteiger partial charge on any atom is 0.341 e. The van der Waals surface area contributed by atoms with Crippen LogP contribution in [0.1, 0.15) is 42.1 Å². The number of aryl methyl sites for hydroxylation is 1. The zero-order valence-corrected chi connectivity index (χ0v) is 15.1. The third-order valence-corrected chi connectivity index (χ3v) is 6.68. The van der Waals surface area contributed by atoms with Crippen LogP contribution >= 0.6 is 11.8 Å². The molecule has 1 aliphatic heterocycles.